The van der Waals surface area contributed by atoms with E-state index in [2.05, 4.69) is 15.6 Å². The molecule has 4 heteroatoms. The molecule has 0 saturated heterocycles. The topological polar surface area (TPSA) is 54.0 Å². The number of carbonyl (C=O) groups excluding carboxylic acids is 1. The van der Waals surface area contributed by atoms with Gasteiger partial charge in [0, 0.05) is 24.6 Å². The maximum Gasteiger partial charge on any atom is 0.238 e. The minimum absolute atomic E-state index is 0.0508. The van der Waals surface area contributed by atoms with Crippen LogP contribution in [-0.4, -0.2) is 17.4 Å². The van der Waals surface area contributed by atoms with E-state index in [-0.39, 0.29) is 12.5 Å². The van der Waals surface area contributed by atoms with E-state index in [9.17, 15) is 4.79 Å². The van der Waals surface area contributed by atoms with E-state index in [1.807, 2.05) is 42.5 Å². The number of amides is 1. The van der Waals surface area contributed by atoms with Crippen molar-refractivity contribution in [1.82, 2.24) is 10.3 Å². The van der Waals surface area contributed by atoms with Crippen molar-refractivity contribution in [3.05, 3.63) is 60.4 Å². The summed E-state index contributed by atoms with van der Waals surface area (Å²) in [7, 11) is 0. The van der Waals surface area contributed by atoms with Gasteiger partial charge in [-0.1, -0.05) is 24.3 Å². The number of nitrogens with one attached hydrogen (secondary N) is 2. The number of hydrogen-bond acceptors (Lipinski definition) is 3. The van der Waals surface area contributed by atoms with Crippen LogP contribution in [0.2, 0.25) is 0 Å². The lowest BCUT2D eigenvalue weighted by Gasteiger charge is -2.06. The van der Waals surface area contributed by atoms with Crippen LogP contribution < -0.4 is 10.6 Å². The monoisotopic (exact) mass is 241 g/mol. The molecular formula is C14H15N3O. The predicted octanol–water partition coefficient (Wildman–Crippen LogP) is 1.81. The van der Waals surface area contributed by atoms with Gasteiger partial charge in [0.25, 0.3) is 0 Å². The number of aromatic nitrogens is 1. The van der Waals surface area contributed by atoms with Crippen molar-refractivity contribution in [2.24, 2.45) is 0 Å². The van der Waals surface area contributed by atoms with Gasteiger partial charge in [-0.2, -0.15) is 0 Å². The maximum absolute atomic E-state index is 11.6. The zero-order valence-electron chi connectivity index (χ0n) is 9.97. The molecule has 0 aliphatic carbocycles. The van der Waals surface area contributed by atoms with Crippen molar-refractivity contribution >= 4 is 11.6 Å². The summed E-state index contributed by atoms with van der Waals surface area (Å²) in [4.78, 5) is 15.6. The second-order valence-corrected chi connectivity index (χ2v) is 3.88. The van der Waals surface area contributed by atoms with Gasteiger partial charge in [0.1, 0.15) is 0 Å². The Kier molecular flexibility index (Phi) is 4.44. The quantitative estimate of drug-likeness (QED) is 0.839. The molecule has 0 atom stereocenters. The highest BCUT2D eigenvalue weighted by molar-refractivity contribution is 5.92. The zero-order valence-corrected chi connectivity index (χ0v) is 9.97. The van der Waals surface area contributed by atoms with Crippen molar-refractivity contribution in [3.8, 4) is 0 Å². The smallest absolute Gasteiger partial charge is 0.238 e. The lowest BCUT2D eigenvalue weighted by Crippen LogP contribution is -2.27. The van der Waals surface area contributed by atoms with Crippen LogP contribution >= 0.6 is 0 Å². The average Bonchev–Trinajstić information content (AvgIpc) is 2.41. The summed E-state index contributed by atoms with van der Waals surface area (Å²) in [6.07, 6.45) is 3.51. The number of hydrogen-bond donors (Lipinski definition) is 2. The fourth-order valence-corrected chi connectivity index (χ4v) is 1.55. The molecule has 0 aliphatic heterocycles. The molecule has 2 N–H and O–H groups in total. The molecule has 92 valence electrons. The molecule has 0 radical (unpaired) electrons. The van der Waals surface area contributed by atoms with Gasteiger partial charge >= 0.3 is 0 Å². The summed E-state index contributed by atoms with van der Waals surface area (Å²) in [5.41, 5.74) is 1.87. The molecule has 1 aromatic carbocycles. The number of nitrogens with zero attached hydrogens (tertiary/aromatic N) is 1. The summed E-state index contributed by atoms with van der Waals surface area (Å²) in [6.45, 7) is 0.917. The van der Waals surface area contributed by atoms with E-state index in [1.54, 1.807) is 12.4 Å². The van der Waals surface area contributed by atoms with E-state index in [0.29, 0.717) is 6.54 Å². The number of carbonyl (C=O) groups is 1. The fraction of sp³-hybridized carbons (Fsp3) is 0.143. The third-order valence-electron chi connectivity index (χ3n) is 2.40. The first-order chi connectivity index (χ1) is 8.84. The van der Waals surface area contributed by atoms with Crippen LogP contribution in [0.15, 0.2) is 54.9 Å². The molecule has 1 heterocycles. The maximum atomic E-state index is 11.6. The number of anilines is 1. The van der Waals surface area contributed by atoms with Crippen molar-refractivity contribution in [2.75, 3.05) is 11.9 Å². The predicted molar refractivity (Wildman–Crippen MR) is 71.0 cm³/mol. The second kappa shape index (κ2) is 6.51. The minimum Gasteiger partial charge on any atom is -0.325 e. The van der Waals surface area contributed by atoms with Crippen molar-refractivity contribution < 1.29 is 4.79 Å². The highest BCUT2D eigenvalue weighted by atomic mass is 16.1. The summed E-state index contributed by atoms with van der Waals surface area (Å²) in [5.74, 6) is -0.0508. The number of pyridine rings is 1. The summed E-state index contributed by atoms with van der Waals surface area (Å²) in [5, 5.41) is 5.88. The van der Waals surface area contributed by atoms with Gasteiger partial charge in [-0.3, -0.25) is 9.78 Å². The van der Waals surface area contributed by atoms with E-state index >= 15 is 0 Å². The first-order valence-corrected chi connectivity index (χ1v) is 5.79. The standard InChI is InChI=1S/C14H15N3O/c18-14(17-13-6-2-1-3-7-13)11-16-10-12-5-4-8-15-9-12/h1-9,16H,10-11H2,(H,17,18). The summed E-state index contributed by atoms with van der Waals surface area (Å²) in [6, 6.07) is 13.3. The number of rotatable bonds is 5. The van der Waals surface area contributed by atoms with Crippen molar-refractivity contribution in [3.63, 3.8) is 0 Å². The van der Waals surface area contributed by atoms with Crippen LogP contribution in [-0.2, 0) is 11.3 Å². The van der Waals surface area contributed by atoms with Crippen LogP contribution in [0.4, 0.5) is 5.69 Å². The minimum atomic E-state index is -0.0508. The molecule has 0 bridgehead atoms. The Morgan fingerprint density at radius 3 is 2.67 bits per heavy atom. The van der Waals surface area contributed by atoms with E-state index in [1.165, 1.54) is 0 Å². The van der Waals surface area contributed by atoms with Gasteiger partial charge in [0.2, 0.25) is 5.91 Å². The van der Waals surface area contributed by atoms with Crippen molar-refractivity contribution in [2.45, 2.75) is 6.54 Å². The highest BCUT2D eigenvalue weighted by Crippen LogP contribution is 2.04. The summed E-state index contributed by atoms with van der Waals surface area (Å²) >= 11 is 0. The Hall–Kier alpha value is -2.20. The van der Waals surface area contributed by atoms with Crippen LogP contribution in [0.25, 0.3) is 0 Å². The lowest BCUT2D eigenvalue weighted by atomic mass is 10.3. The SMILES string of the molecule is O=C(CNCc1cccnc1)Nc1ccccc1. The van der Waals surface area contributed by atoms with Crippen LogP contribution in [0.1, 0.15) is 5.56 Å². The average molecular weight is 241 g/mol. The van der Waals surface area contributed by atoms with E-state index in [0.717, 1.165) is 11.3 Å². The second-order valence-electron chi connectivity index (χ2n) is 3.88. The Bertz CT molecular complexity index is 485. The van der Waals surface area contributed by atoms with Gasteiger partial charge in [-0.05, 0) is 23.8 Å². The zero-order chi connectivity index (χ0) is 12.6. The molecule has 1 amide bonds. The molecule has 2 aromatic rings. The normalized spacial score (nSPS) is 10.0. The van der Waals surface area contributed by atoms with Crippen LogP contribution in [0, 0.1) is 0 Å². The first kappa shape index (κ1) is 12.3. The Balaban J connectivity index is 1.73. The molecule has 0 fully saturated rings. The highest BCUT2D eigenvalue weighted by Gasteiger charge is 2.01. The molecule has 0 spiro atoms. The molecule has 0 aliphatic rings. The van der Waals surface area contributed by atoms with Gasteiger partial charge in [-0.15, -0.1) is 0 Å². The third-order valence-corrected chi connectivity index (χ3v) is 2.40. The molecule has 0 unspecified atom stereocenters. The fourth-order valence-electron chi connectivity index (χ4n) is 1.55. The molecule has 4 nitrogen and oxygen atoms in total. The van der Waals surface area contributed by atoms with Crippen LogP contribution in [0.3, 0.4) is 0 Å². The number of para-hydroxylation sites is 1. The Labute approximate surface area is 106 Å². The molecule has 1 aromatic heterocycles. The first-order valence-electron chi connectivity index (χ1n) is 5.79. The molecule has 18 heavy (non-hydrogen) atoms. The van der Waals surface area contributed by atoms with Gasteiger partial charge in [0.05, 0.1) is 6.54 Å². The Morgan fingerprint density at radius 2 is 1.94 bits per heavy atom. The summed E-state index contributed by atoms with van der Waals surface area (Å²) < 4.78 is 0. The lowest BCUT2D eigenvalue weighted by molar-refractivity contribution is -0.115. The van der Waals surface area contributed by atoms with Crippen molar-refractivity contribution in [1.29, 1.82) is 0 Å². The largest absolute Gasteiger partial charge is 0.325 e. The molecule has 0 saturated carbocycles. The third kappa shape index (κ3) is 3.99. The van der Waals surface area contributed by atoms with Gasteiger partial charge in [-0.25, -0.2) is 0 Å². The Morgan fingerprint density at radius 1 is 1.11 bits per heavy atom. The van der Waals surface area contributed by atoms with Gasteiger partial charge in [0.15, 0.2) is 0 Å². The molecular weight excluding hydrogens is 226 g/mol. The molecule has 2 rings (SSSR count). The van der Waals surface area contributed by atoms with Gasteiger partial charge < -0.3 is 10.6 Å². The van der Waals surface area contributed by atoms with E-state index < -0.39 is 0 Å². The number of benzene rings is 1. The van der Waals surface area contributed by atoms with E-state index in [4.69, 9.17) is 0 Å². The van der Waals surface area contributed by atoms with Crippen LogP contribution in [0.5, 0.6) is 0 Å².